The van der Waals surface area contributed by atoms with Gasteiger partial charge in [-0.15, -0.1) is 0 Å². The highest BCUT2D eigenvalue weighted by Gasteiger charge is 2.35. The minimum absolute atomic E-state index is 0.0587. The van der Waals surface area contributed by atoms with Crippen LogP contribution in [0, 0.1) is 25.2 Å². The van der Waals surface area contributed by atoms with E-state index >= 15 is 0 Å². The molecule has 0 N–H and O–H groups in total. The molecule has 2 heterocycles. The number of carbonyl (C=O) groups is 1. The number of anilines is 1. The van der Waals surface area contributed by atoms with E-state index in [2.05, 4.69) is 16.0 Å². The maximum Gasteiger partial charge on any atom is 0.417 e. The van der Waals surface area contributed by atoms with Crippen LogP contribution in [0.5, 0.6) is 0 Å². The molecule has 1 amide bonds. The predicted molar refractivity (Wildman–Crippen MR) is 109 cm³/mol. The van der Waals surface area contributed by atoms with E-state index in [1.807, 2.05) is 25.1 Å². The van der Waals surface area contributed by atoms with Crippen molar-refractivity contribution >= 4 is 23.4 Å². The molecule has 1 aromatic heterocycles. The summed E-state index contributed by atoms with van der Waals surface area (Å²) in [6, 6.07) is 10.6. The highest BCUT2D eigenvalue weighted by Crippen LogP contribution is 2.35. The summed E-state index contributed by atoms with van der Waals surface area (Å²) < 4.78 is 39.7. The van der Waals surface area contributed by atoms with Crippen LogP contribution in [0.15, 0.2) is 35.4 Å². The van der Waals surface area contributed by atoms with Crippen molar-refractivity contribution < 1.29 is 18.0 Å². The quantitative estimate of drug-likeness (QED) is 0.680. The Morgan fingerprint density at radius 2 is 1.90 bits per heavy atom. The first-order chi connectivity index (χ1) is 14.2. The summed E-state index contributed by atoms with van der Waals surface area (Å²) in [6.07, 6.45) is -4.65. The smallest absolute Gasteiger partial charge is 0.368 e. The SMILES string of the molecule is Cc1cccc(N2CCN(C(=O)CSc3nc(C)cc(C(F)(F)F)c3C#N)CC2)c1. The number of pyridine rings is 1. The molecule has 0 bridgehead atoms. The molecule has 1 saturated heterocycles. The van der Waals surface area contributed by atoms with Gasteiger partial charge in [-0.25, -0.2) is 4.98 Å². The van der Waals surface area contributed by atoms with E-state index in [0.717, 1.165) is 23.5 Å². The summed E-state index contributed by atoms with van der Waals surface area (Å²) >= 11 is 0.879. The van der Waals surface area contributed by atoms with E-state index in [0.29, 0.717) is 26.2 Å². The van der Waals surface area contributed by atoms with Crippen molar-refractivity contribution in [1.29, 1.82) is 5.26 Å². The van der Waals surface area contributed by atoms with Crippen LogP contribution in [0.2, 0.25) is 0 Å². The van der Waals surface area contributed by atoms with Crippen LogP contribution in [0.1, 0.15) is 22.4 Å². The fourth-order valence-electron chi connectivity index (χ4n) is 3.34. The zero-order chi connectivity index (χ0) is 21.9. The maximum atomic E-state index is 13.2. The van der Waals surface area contributed by atoms with E-state index in [1.54, 1.807) is 11.0 Å². The van der Waals surface area contributed by atoms with Crippen molar-refractivity contribution in [2.75, 3.05) is 36.8 Å². The minimum Gasteiger partial charge on any atom is -0.368 e. The van der Waals surface area contributed by atoms with Crippen LogP contribution < -0.4 is 4.90 Å². The number of amides is 1. The van der Waals surface area contributed by atoms with Gasteiger partial charge in [0.1, 0.15) is 11.1 Å². The standard InChI is InChI=1S/C21H21F3N4OS/c1-14-4-3-5-16(10-14)27-6-8-28(9-7-27)19(29)13-30-20-17(12-25)18(21(22,23)24)11-15(2)26-20/h3-5,10-11H,6-9,13H2,1-2H3. The maximum absolute atomic E-state index is 13.2. The van der Waals surface area contributed by atoms with Gasteiger partial charge in [0, 0.05) is 37.6 Å². The van der Waals surface area contributed by atoms with Crippen molar-refractivity contribution in [3.8, 4) is 6.07 Å². The summed E-state index contributed by atoms with van der Waals surface area (Å²) in [7, 11) is 0. The van der Waals surface area contributed by atoms with Crippen molar-refractivity contribution in [2.45, 2.75) is 25.0 Å². The highest BCUT2D eigenvalue weighted by atomic mass is 32.2. The molecule has 1 aliphatic rings. The lowest BCUT2D eigenvalue weighted by Crippen LogP contribution is -2.49. The van der Waals surface area contributed by atoms with E-state index in [9.17, 15) is 23.2 Å². The van der Waals surface area contributed by atoms with E-state index in [4.69, 9.17) is 0 Å². The van der Waals surface area contributed by atoms with Crippen LogP contribution >= 0.6 is 11.8 Å². The van der Waals surface area contributed by atoms with Crippen LogP contribution in [0.3, 0.4) is 0 Å². The Hall–Kier alpha value is -2.73. The number of piperazine rings is 1. The Bertz CT molecular complexity index is 979. The molecule has 0 aliphatic carbocycles. The largest absolute Gasteiger partial charge is 0.417 e. The third-order valence-corrected chi connectivity index (χ3v) is 5.82. The van der Waals surface area contributed by atoms with Crippen LogP contribution in [-0.2, 0) is 11.0 Å². The third-order valence-electron chi connectivity index (χ3n) is 4.86. The molecule has 0 radical (unpaired) electrons. The molecule has 1 aromatic carbocycles. The number of aryl methyl sites for hydroxylation is 2. The lowest BCUT2D eigenvalue weighted by atomic mass is 10.1. The minimum atomic E-state index is -4.65. The second-order valence-corrected chi connectivity index (χ2v) is 8.06. The number of rotatable bonds is 4. The summed E-state index contributed by atoms with van der Waals surface area (Å²) in [5.74, 6) is -0.239. The fourth-order valence-corrected chi connectivity index (χ4v) is 4.29. The van der Waals surface area contributed by atoms with Crippen LogP contribution in [0.4, 0.5) is 18.9 Å². The Morgan fingerprint density at radius 1 is 1.20 bits per heavy atom. The second kappa shape index (κ2) is 8.96. The van der Waals surface area contributed by atoms with Crippen molar-refractivity contribution in [3.63, 3.8) is 0 Å². The number of nitriles is 1. The summed E-state index contributed by atoms with van der Waals surface area (Å²) in [5, 5.41) is 9.16. The number of alkyl halides is 3. The summed E-state index contributed by atoms with van der Waals surface area (Å²) in [6.45, 7) is 5.90. The van der Waals surface area contributed by atoms with Gasteiger partial charge in [-0.2, -0.15) is 18.4 Å². The molecule has 1 fully saturated rings. The lowest BCUT2D eigenvalue weighted by Gasteiger charge is -2.36. The Kier molecular flexibility index (Phi) is 6.56. The third kappa shape index (κ3) is 5.05. The Balaban J connectivity index is 1.63. The fraction of sp³-hybridized carbons (Fsp3) is 0.381. The monoisotopic (exact) mass is 434 g/mol. The number of hydrogen-bond acceptors (Lipinski definition) is 5. The van der Waals surface area contributed by atoms with Gasteiger partial charge in [0.15, 0.2) is 0 Å². The Morgan fingerprint density at radius 3 is 2.50 bits per heavy atom. The molecule has 9 heteroatoms. The van der Waals surface area contributed by atoms with E-state index in [1.165, 1.54) is 12.5 Å². The number of nitrogens with zero attached hydrogens (tertiary/aromatic N) is 4. The zero-order valence-electron chi connectivity index (χ0n) is 16.7. The lowest BCUT2D eigenvalue weighted by molar-refractivity contribution is -0.138. The van der Waals surface area contributed by atoms with Crippen LogP contribution in [-0.4, -0.2) is 47.7 Å². The molecule has 30 heavy (non-hydrogen) atoms. The number of thioether (sulfide) groups is 1. The molecule has 0 spiro atoms. The Labute approximate surface area is 177 Å². The van der Waals surface area contributed by atoms with Crippen molar-refractivity contribution in [3.05, 3.63) is 52.7 Å². The van der Waals surface area contributed by atoms with Crippen molar-refractivity contribution in [1.82, 2.24) is 9.88 Å². The average molecular weight is 434 g/mol. The molecule has 0 unspecified atom stereocenters. The number of carbonyl (C=O) groups excluding carboxylic acids is 1. The first kappa shape index (κ1) is 22.0. The molecule has 158 valence electrons. The molecular weight excluding hydrogens is 413 g/mol. The van der Waals surface area contributed by atoms with Gasteiger partial charge in [0.25, 0.3) is 0 Å². The second-order valence-electron chi connectivity index (χ2n) is 7.10. The molecule has 0 saturated carbocycles. The summed E-state index contributed by atoms with van der Waals surface area (Å²) in [4.78, 5) is 20.5. The topological polar surface area (TPSA) is 60.2 Å². The van der Waals surface area contributed by atoms with Gasteiger partial charge >= 0.3 is 6.18 Å². The van der Waals surface area contributed by atoms with E-state index < -0.39 is 17.3 Å². The average Bonchev–Trinajstić information content (AvgIpc) is 2.71. The molecule has 3 rings (SSSR count). The molecule has 5 nitrogen and oxygen atoms in total. The van der Waals surface area contributed by atoms with Gasteiger partial charge in [-0.1, -0.05) is 23.9 Å². The van der Waals surface area contributed by atoms with Gasteiger partial charge in [0.2, 0.25) is 5.91 Å². The predicted octanol–water partition coefficient (Wildman–Crippen LogP) is 4.03. The normalized spacial score (nSPS) is 14.5. The number of halogens is 3. The molecule has 2 aromatic rings. The molecule has 1 aliphatic heterocycles. The summed E-state index contributed by atoms with van der Waals surface area (Å²) in [5.41, 5.74) is 0.885. The first-order valence-corrected chi connectivity index (χ1v) is 10.4. The molecule has 0 atom stereocenters. The molecular formula is C21H21F3N4OS. The van der Waals surface area contributed by atoms with Crippen LogP contribution in [0.25, 0.3) is 0 Å². The zero-order valence-corrected chi connectivity index (χ0v) is 17.5. The van der Waals surface area contributed by atoms with Gasteiger partial charge in [-0.05, 0) is 37.6 Å². The first-order valence-electron chi connectivity index (χ1n) is 9.40. The van der Waals surface area contributed by atoms with Gasteiger partial charge < -0.3 is 9.80 Å². The number of benzene rings is 1. The van der Waals surface area contributed by atoms with Gasteiger partial charge in [0.05, 0.1) is 16.9 Å². The number of hydrogen-bond donors (Lipinski definition) is 0. The van der Waals surface area contributed by atoms with Crippen molar-refractivity contribution in [2.24, 2.45) is 0 Å². The van der Waals surface area contributed by atoms with Gasteiger partial charge in [-0.3, -0.25) is 4.79 Å². The number of aromatic nitrogens is 1. The highest BCUT2D eigenvalue weighted by molar-refractivity contribution is 8.00. The van der Waals surface area contributed by atoms with E-state index in [-0.39, 0.29) is 22.4 Å².